The van der Waals surface area contributed by atoms with Crippen LogP contribution in [-0.2, 0) is 4.79 Å². The van der Waals surface area contributed by atoms with Crippen LogP contribution in [0.5, 0.6) is 11.5 Å². The first-order valence-electron chi connectivity index (χ1n) is 15.2. The summed E-state index contributed by atoms with van der Waals surface area (Å²) in [7, 11) is 3.78. The van der Waals surface area contributed by atoms with Crippen molar-refractivity contribution in [1.29, 1.82) is 0 Å². The van der Waals surface area contributed by atoms with E-state index in [2.05, 4.69) is 47.7 Å². The van der Waals surface area contributed by atoms with Gasteiger partial charge in [-0.3, -0.25) is 10.1 Å². The van der Waals surface area contributed by atoms with Crippen molar-refractivity contribution in [3.63, 3.8) is 0 Å². The molecule has 0 bridgehead atoms. The third kappa shape index (κ3) is 9.47. The second-order valence-corrected chi connectivity index (χ2v) is 12.1. The van der Waals surface area contributed by atoms with E-state index in [0.717, 1.165) is 72.9 Å². The number of likely N-dealkylation sites (N-methyl/N-ethyl adjacent to an activating group) is 1. The third-order valence-electron chi connectivity index (χ3n) is 7.35. The minimum Gasteiger partial charge on any atom is -0.493 e. The Bertz CT molecular complexity index is 1880. The van der Waals surface area contributed by atoms with Gasteiger partial charge in [-0.25, -0.2) is 24.1 Å². The zero-order valence-electron chi connectivity index (χ0n) is 26.8. The maximum atomic E-state index is 13.4. The number of hydrogen-bond acceptors (Lipinski definition) is 11. The Balaban J connectivity index is 0.00000107. The van der Waals surface area contributed by atoms with E-state index in [1.807, 2.05) is 30.3 Å². The molecule has 1 saturated heterocycles. The molecular formula is C33H37FN8O5S. The van der Waals surface area contributed by atoms with Crippen LogP contribution in [0.15, 0.2) is 60.9 Å². The maximum Gasteiger partial charge on any atom is 0.325 e. The lowest BCUT2D eigenvalue weighted by Crippen LogP contribution is -2.44. The van der Waals surface area contributed by atoms with Crippen molar-refractivity contribution >= 4 is 66.8 Å². The Labute approximate surface area is 280 Å². The molecule has 6 rings (SSSR count). The Morgan fingerprint density at radius 3 is 2.52 bits per heavy atom. The number of urea groups is 1. The molecule has 0 unspecified atom stereocenters. The SMILES string of the molecule is CC(=O)O.COc1cc2c(Nc3ccc4nc(NC(=O)Nc5cccc(F)c5)sc4c3)ncnc2cc1OCCCN1CCN(C)CC1. The summed E-state index contributed by atoms with van der Waals surface area (Å²) in [5, 5.41) is 17.3. The number of carbonyl (C=O) groups excluding carboxylic acids is 1. The van der Waals surface area contributed by atoms with Crippen LogP contribution in [0.1, 0.15) is 13.3 Å². The number of aliphatic carboxylic acids is 1. The molecule has 13 nitrogen and oxygen atoms in total. The molecule has 0 atom stereocenters. The molecule has 3 heterocycles. The Kier molecular flexibility index (Phi) is 11.5. The number of hydrogen-bond donors (Lipinski definition) is 4. The van der Waals surface area contributed by atoms with Gasteiger partial charge < -0.3 is 35.0 Å². The number of nitrogens with one attached hydrogen (secondary N) is 3. The second-order valence-electron chi connectivity index (χ2n) is 11.0. The van der Waals surface area contributed by atoms with Crippen LogP contribution in [0, 0.1) is 5.82 Å². The van der Waals surface area contributed by atoms with E-state index in [1.54, 1.807) is 13.2 Å². The van der Waals surface area contributed by atoms with E-state index in [1.165, 1.54) is 35.9 Å². The molecule has 4 N–H and O–H groups in total. The van der Waals surface area contributed by atoms with Crippen molar-refractivity contribution in [2.75, 3.05) is 69.4 Å². The number of benzene rings is 3. The van der Waals surface area contributed by atoms with Gasteiger partial charge in [0.1, 0.15) is 18.0 Å². The maximum absolute atomic E-state index is 13.4. The molecule has 48 heavy (non-hydrogen) atoms. The number of ether oxygens (including phenoxy) is 2. The molecule has 0 aliphatic carbocycles. The topological polar surface area (TPSA) is 154 Å². The number of anilines is 4. The zero-order chi connectivity index (χ0) is 34.0. The number of amides is 2. The monoisotopic (exact) mass is 676 g/mol. The van der Waals surface area contributed by atoms with E-state index >= 15 is 0 Å². The van der Waals surface area contributed by atoms with Gasteiger partial charge in [0.05, 0.1) is 29.5 Å². The Morgan fingerprint density at radius 2 is 1.77 bits per heavy atom. The fourth-order valence-corrected chi connectivity index (χ4v) is 5.90. The molecule has 0 spiro atoms. The standard InChI is InChI=1S/C31H33FN8O3S.C2H4O2/c1-39-10-12-40(13-11-39)9-4-14-43-27-18-25-23(17-26(27)42-2)29(34-19-33-25)35-22-7-8-24-28(16-22)44-31(37-24)38-30(41)36-21-6-3-5-20(32)15-21;1-2(3)4/h3,5-8,15-19H,4,9-14H2,1-2H3,(H,33,34,35)(H2,36,37,38,41);1H3,(H,3,4). The molecule has 1 aliphatic rings. The highest BCUT2D eigenvalue weighted by Gasteiger charge is 2.15. The average Bonchev–Trinajstić information content (AvgIpc) is 3.44. The molecular weight excluding hydrogens is 639 g/mol. The number of piperazine rings is 1. The van der Waals surface area contributed by atoms with Crippen LogP contribution < -0.4 is 25.4 Å². The molecule has 252 valence electrons. The predicted molar refractivity (Wildman–Crippen MR) is 185 cm³/mol. The fraction of sp³-hybridized carbons (Fsp3) is 0.303. The highest BCUT2D eigenvalue weighted by Crippen LogP contribution is 2.36. The largest absolute Gasteiger partial charge is 0.493 e. The summed E-state index contributed by atoms with van der Waals surface area (Å²) in [6.45, 7) is 7.05. The molecule has 5 aromatic rings. The van der Waals surface area contributed by atoms with Gasteiger partial charge in [-0.05, 0) is 55.9 Å². The van der Waals surface area contributed by atoms with Crippen LogP contribution in [0.25, 0.3) is 21.1 Å². The van der Waals surface area contributed by atoms with E-state index in [9.17, 15) is 9.18 Å². The first kappa shape index (κ1) is 34.2. The van der Waals surface area contributed by atoms with Gasteiger partial charge in [0.25, 0.3) is 5.97 Å². The van der Waals surface area contributed by atoms with Crippen LogP contribution >= 0.6 is 11.3 Å². The molecule has 1 fully saturated rings. The van der Waals surface area contributed by atoms with Gasteiger partial charge in [-0.1, -0.05) is 17.4 Å². The lowest BCUT2D eigenvalue weighted by Gasteiger charge is -2.32. The van der Waals surface area contributed by atoms with Crippen molar-refractivity contribution in [1.82, 2.24) is 24.8 Å². The quantitative estimate of drug-likeness (QED) is 0.131. The molecule has 0 radical (unpaired) electrons. The van der Waals surface area contributed by atoms with Gasteiger partial charge in [0.2, 0.25) is 0 Å². The van der Waals surface area contributed by atoms with E-state index in [-0.39, 0.29) is 0 Å². The van der Waals surface area contributed by atoms with Gasteiger partial charge in [-0.2, -0.15) is 0 Å². The third-order valence-corrected chi connectivity index (χ3v) is 8.28. The fourth-order valence-electron chi connectivity index (χ4n) is 5.00. The number of rotatable bonds is 10. The first-order valence-corrected chi connectivity index (χ1v) is 16.1. The highest BCUT2D eigenvalue weighted by molar-refractivity contribution is 7.22. The summed E-state index contributed by atoms with van der Waals surface area (Å²) in [5.74, 6) is 0.612. The van der Waals surface area contributed by atoms with Gasteiger partial charge >= 0.3 is 6.03 Å². The molecule has 3 aromatic carbocycles. The molecule has 0 saturated carbocycles. The number of carboxylic acids is 1. The summed E-state index contributed by atoms with van der Waals surface area (Å²) in [4.78, 5) is 39.7. The minimum absolute atomic E-state index is 0.351. The van der Waals surface area contributed by atoms with Crippen LogP contribution in [0.4, 0.5) is 31.5 Å². The number of aromatic nitrogens is 3. The van der Waals surface area contributed by atoms with E-state index in [4.69, 9.17) is 19.4 Å². The number of methoxy groups -OCH3 is 1. The minimum atomic E-state index is -0.833. The van der Waals surface area contributed by atoms with Crippen molar-refractivity contribution in [3.05, 3.63) is 66.7 Å². The van der Waals surface area contributed by atoms with Gasteiger partial charge in [0, 0.05) is 62.5 Å². The number of thiazole rings is 1. The average molecular weight is 677 g/mol. The molecule has 2 amide bonds. The van der Waals surface area contributed by atoms with Crippen molar-refractivity contribution < 1.29 is 28.6 Å². The van der Waals surface area contributed by atoms with Crippen LogP contribution in [0.3, 0.4) is 0 Å². The Morgan fingerprint density at radius 1 is 0.979 bits per heavy atom. The first-order chi connectivity index (χ1) is 23.2. The second kappa shape index (κ2) is 16.1. The number of carbonyl (C=O) groups is 2. The summed E-state index contributed by atoms with van der Waals surface area (Å²) in [5.41, 5.74) is 2.60. The number of halogens is 1. The number of carboxylic acid groups (broad SMARTS) is 1. The molecule has 15 heteroatoms. The van der Waals surface area contributed by atoms with E-state index < -0.39 is 17.8 Å². The Hall–Kier alpha value is -5.12. The number of nitrogens with zero attached hydrogens (tertiary/aromatic N) is 5. The van der Waals surface area contributed by atoms with Gasteiger partial charge in [0.15, 0.2) is 16.6 Å². The molecule has 2 aromatic heterocycles. The predicted octanol–water partition coefficient (Wildman–Crippen LogP) is 5.88. The van der Waals surface area contributed by atoms with E-state index in [0.29, 0.717) is 34.7 Å². The van der Waals surface area contributed by atoms with Crippen LogP contribution in [-0.4, -0.2) is 95.3 Å². The summed E-state index contributed by atoms with van der Waals surface area (Å²) in [6, 6.07) is 14.6. The lowest BCUT2D eigenvalue weighted by molar-refractivity contribution is -0.134. The summed E-state index contributed by atoms with van der Waals surface area (Å²) in [6.07, 6.45) is 2.44. The van der Waals surface area contributed by atoms with Crippen LogP contribution in [0.2, 0.25) is 0 Å². The lowest BCUT2D eigenvalue weighted by atomic mass is 10.2. The number of fused-ring (bicyclic) bond motifs is 2. The van der Waals surface area contributed by atoms with Crippen molar-refractivity contribution in [2.24, 2.45) is 0 Å². The zero-order valence-corrected chi connectivity index (χ0v) is 27.6. The summed E-state index contributed by atoms with van der Waals surface area (Å²) < 4.78 is 26.1. The van der Waals surface area contributed by atoms with Crippen molar-refractivity contribution in [3.8, 4) is 11.5 Å². The normalized spacial score (nSPS) is 13.4. The molecule has 1 aliphatic heterocycles. The highest BCUT2D eigenvalue weighted by atomic mass is 32.1. The smallest absolute Gasteiger partial charge is 0.325 e. The van der Waals surface area contributed by atoms with Gasteiger partial charge in [-0.15, -0.1) is 0 Å². The van der Waals surface area contributed by atoms with Crippen molar-refractivity contribution in [2.45, 2.75) is 13.3 Å². The summed E-state index contributed by atoms with van der Waals surface area (Å²) >= 11 is 1.32.